The maximum absolute atomic E-state index is 12.1. The second-order valence-corrected chi connectivity index (χ2v) is 5.22. The van der Waals surface area contributed by atoms with Gasteiger partial charge in [-0.05, 0) is 12.5 Å². The first kappa shape index (κ1) is 15.0. The predicted molar refractivity (Wildman–Crippen MR) is 78.0 cm³/mol. The van der Waals surface area contributed by atoms with E-state index in [-0.39, 0.29) is 19.0 Å². The standard InChI is InChI=1S/C14H15N3O3S/c1-9-3-2-4-10(7-9)12-11(17-8-21-12)13(18)15-5-6-16-14(19)20/h2-4,7-8,16H,5-6H2,1H3,(H,15,18)(H,19,20)/p-1. The second kappa shape index (κ2) is 6.85. The minimum absolute atomic E-state index is 0.0952. The van der Waals surface area contributed by atoms with Gasteiger partial charge in [-0.1, -0.05) is 29.8 Å². The van der Waals surface area contributed by atoms with Crippen LogP contribution in [-0.2, 0) is 0 Å². The van der Waals surface area contributed by atoms with Crippen LogP contribution < -0.4 is 15.7 Å². The first-order chi connectivity index (χ1) is 10.1. The van der Waals surface area contributed by atoms with Crippen LogP contribution in [0.15, 0.2) is 29.8 Å². The highest BCUT2D eigenvalue weighted by atomic mass is 32.1. The summed E-state index contributed by atoms with van der Waals surface area (Å²) in [7, 11) is 0. The van der Waals surface area contributed by atoms with Crippen LogP contribution in [0.5, 0.6) is 0 Å². The Morgan fingerprint density at radius 2 is 2.05 bits per heavy atom. The molecule has 0 radical (unpaired) electrons. The predicted octanol–water partition coefficient (Wildman–Crippen LogP) is 0.781. The van der Waals surface area contributed by atoms with E-state index in [1.54, 1.807) is 5.51 Å². The molecule has 0 bridgehead atoms. The van der Waals surface area contributed by atoms with E-state index in [4.69, 9.17) is 0 Å². The lowest BCUT2D eigenvalue weighted by atomic mass is 10.1. The van der Waals surface area contributed by atoms with E-state index in [1.807, 2.05) is 31.2 Å². The molecule has 0 atom stereocenters. The highest BCUT2D eigenvalue weighted by molar-refractivity contribution is 7.13. The van der Waals surface area contributed by atoms with Crippen LogP contribution in [0.3, 0.4) is 0 Å². The SMILES string of the molecule is Cc1cccc(-c2scnc2C(=O)NCCNC(=O)[O-])c1. The number of carbonyl (C=O) groups is 2. The summed E-state index contributed by atoms with van der Waals surface area (Å²) in [6, 6.07) is 7.82. The average molecular weight is 304 g/mol. The number of aryl methyl sites for hydroxylation is 1. The van der Waals surface area contributed by atoms with Gasteiger partial charge in [-0.2, -0.15) is 0 Å². The van der Waals surface area contributed by atoms with E-state index in [2.05, 4.69) is 15.6 Å². The fourth-order valence-electron chi connectivity index (χ4n) is 1.82. The third kappa shape index (κ3) is 4.03. The first-order valence-corrected chi connectivity index (χ1v) is 7.19. The average Bonchev–Trinajstić information content (AvgIpc) is 2.92. The summed E-state index contributed by atoms with van der Waals surface area (Å²) in [4.78, 5) is 27.2. The number of hydrogen-bond donors (Lipinski definition) is 2. The molecule has 0 unspecified atom stereocenters. The molecule has 1 aromatic carbocycles. The third-order valence-corrected chi connectivity index (χ3v) is 3.62. The Morgan fingerprint density at radius 3 is 2.76 bits per heavy atom. The van der Waals surface area contributed by atoms with E-state index < -0.39 is 6.09 Å². The molecule has 0 aliphatic heterocycles. The maximum Gasteiger partial charge on any atom is 0.271 e. The molecule has 6 nitrogen and oxygen atoms in total. The number of rotatable bonds is 5. The maximum atomic E-state index is 12.1. The molecule has 1 heterocycles. The van der Waals surface area contributed by atoms with Gasteiger partial charge in [-0.15, -0.1) is 11.3 Å². The molecule has 2 rings (SSSR count). The number of benzene rings is 1. The molecule has 0 saturated heterocycles. The van der Waals surface area contributed by atoms with E-state index in [9.17, 15) is 14.7 Å². The molecule has 110 valence electrons. The zero-order valence-electron chi connectivity index (χ0n) is 11.4. The molecule has 21 heavy (non-hydrogen) atoms. The van der Waals surface area contributed by atoms with E-state index in [0.29, 0.717) is 5.69 Å². The minimum atomic E-state index is -1.36. The van der Waals surface area contributed by atoms with Crippen LogP contribution in [0.25, 0.3) is 10.4 Å². The van der Waals surface area contributed by atoms with Crippen molar-refractivity contribution in [1.82, 2.24) is 15.6 Å². The van der Waals surface area contributed by atoms with E-state index in [1.165, 1.54) is 11.3 Å². The Hall–Kier alpha value is -2.41. The Labute approximate surface area is 125 Å². The number of carbonyl (C=O) groups excluding carboxylic acids is 2. The van der Waals surface area contributed by atoms with Gasteiger partial charge in [0.1, 0.15) is 11.8 Å². The quantitative estimate of drug-likeness (QED) is 0.798. The van der Waals surface area contributed by atoms with Crippen LogP contribution in [0.1, 0.15) is 16.1 Å². The van der Waals surface area contributed by atoms with Crippen LogP contribution in [0, 0.1) is 6.92 Å². The number of nitrogens with one attached hydrogen (secondary N) is 2. The molecule has 2 aromatic rings. The molecule has 7 heteroatoms. The summed E-state index contributed by atoms with van der Waals surface area (Å²) >= 11 is 1.39. The van der Waals surface area contributed by atoms with Gasteiger partial charge >= 0.3 is 0 Å². The number of carboxylic acid groups (broad SMARTS) is 1. The van der Waals surface area contributed by atoms with Gasteiger partial charge in [-0.3, -0.25) is 4.79 Å². The van der Waals surface area contributed by atoms with Gasteiger partial charge in [0.25, 0.3) is 5.91 Å². The topological polar surface area (TPSA) is 94.2 Å². The summed E-state index contributed by atoms with van der Waals surface area (Å²) in [5.41, 5.74) is 4.01. The Balaban J connectivity index is 2.06. The monoisotopic (exact) mass is 304 g/mol. The summed E-state index contributed by atoms with van der Waals surface area (Å²) in [6.45, 7) is 2.26. The summed E-state index contributed by atoms with van der Waals surface area (Å²) in [5, 5.41) is 14.9. The van der Waals surface area contributed by atoms with E-state index in [0.717, 1.165) is 16.0 Å². The summed E-state index contributed by atoms with van der Waals surface area (Å²) in [5.74, 6) is -0.326. The second-order valence-electron chi connectivity index (χ2n) is 4.37. The first-order valence-electron chi connectivity index (χ1n) is 6.31. The van der Waals surface area contributed by atoms with Crippen molar-refractivity contribution in [2.45, 2.75) is 6.92 Å². The molecule has 0 aliphatic rings. The number of amides is 2. The molecular formula is C14H14N3O3S-. The van der Waals surface area contributed by atoms with Crippen LogP contribution in [0.4, 0.5) is 4.79 Å². The number of aromatic nitrogens is 1. The molecule has 2 N–H and O–H groups in total. The lowest BCUT2D eigenvalue weighted by Crippen LogP contribution is -2.41. The van der Waals surface area contributed by atoms with Gasteiger partial charge in [0.05, 0.1) is 10.4 Å². The fourth-order valence-corrected chi connectivity index (χ4v) is 2.61. The van der Waals surface area contributed by atoms with Crippen molar-refractivity contribution in [3.63, 3.8) is 0 Å². The van der Waals surface area contributed by atoms with Crippen LogP contribution in [-0.4, -0.2) is 30.1 Å². The van der Waals surface area contributed by atoms with Gasteiger partial charge in [-0.25, -0.2) is 4.98 Å². The van der Waals surface area contributed by atoms with E-state index >= 15 is 0 Å². The molecule has 0 aliphatic carbocycles. The zero-order valence-corrected chi connectivity index (χ0v) is 12.2. The van der Waals surface area contributed by atoms with Gasteiger partial charge < -0.3 is 20.5 Å². The van der Waals surface area contributed by atoms with Crippen molar-refractivity contribution in [1.29, 1.82) is 0 Å². The smallest absolute Gasteiger partial charge is 0.271 e. The fraction of sp³-hybridized carbons (Fsp3) is 0.214. The Kier molecular flexibility index (Phi) is 4.89. The van der Waals surface area contributed by atoms with Gasteiger partial charge in [0.2, 0.25) is 0 Å². The van der Waals surface area contributed by atoms with Gasteiger partial charge in [0, 0.05) is 13.1 Å². The normalized spacial score (nSPS) is 10.1. The molecule has 0 spiro atoms. The number of thiazole rings is 1. The summed E-state index contributed by atoms with van der Waals surface area (Å²) in [6.07, 6.45) is -1.36. The van der Waals surface area contributed by atoms with Crippen molar-refractivity contribution in [3.05, 3.63) is 41.0 Å². The number of nitrogens with zero attached hydrogens (tertiary/aromatic N) is 1. The largest absolute Gasteiger partial charge is 0.530 e. The molecule has 2 amide bonds. The minimum Gasteiger partial charge on any atom is -0.530 e. The lowest BCUT2D eigenvalue weighted by Gasteiger charge is -2.08. The van der Waals surface area contributed by atoms with Crippen LogP contribution in [0.2, 0.25) is 0 Å². The lowest BCUT2D eigenvalue weighted by molar-refractivity contribution is -0.250. The number of hydrogen-bond acceptors (Lipinski definition) is 5. The molecule has 0 fully saturated rings. The zero-order chi connectivity index (χ0) is 15.2. The van der Waals surface area contributed by atoms with Crippen molar-refractivity contribution in [2.75, 3.05) is 13.1 Å². The van der Waals surface area contributed by atoms with Crippen LogP contribution >= 0.6 is 11.3 Å². The molecule has 0 saturated carbocycles. The van der Waals surface area contributed by atoms with Crippen molar-refractivity contribution >= 4 is 23.3 Å². The van der Waals surface area contributed by atoms with Gasteiger partial charge in [0.15, 0.2) is 0 Å². The van der Waals surface area contributed by atoms with Crippen molar-refractivity contribution < 1.29 is 14.7 Å². The summed E-state index contributed by atoms with van der Waals surface area (Å²) < 4.78 is 0. The highest BCUT2D eigenvalue weighted by Gasteiger charge is 2.15. The Morgan fingerprint density at radius 1 is 1.29 bits per heavy atom. The van der Waals surface area contributed by atoms with Crippen molar-refractivity contribution in [3.8, 4) is 10.4 Å². The molecule has 1 aromatic heterocycles. The van der Waals surface area contributed by atoms with Crippen molar-refractivity contribution in [2.24, 2.45) is 0 Å². The third-order valence-electron chi connectivity index (χ3n) is 2.74. The molecular weight excluding hydrogens is 290 g/mol. The highest BCUT2D eigenvalue weighted by Crippen LogP contribution is 2.28. The Bertz CT molecular complexity index is 654.